The molecule has 0 bridgehead atoms. The SMILES string of the molecule is CCNC(=NCc1cccc(CN2CCCC2=O)c1)NC1CCCC(CC)C1. The van der Waals surface area contributed by atoms with E-state index in [1.165, 1.54) is 43.2 Å². The second-order valence-electron chi connectivity index (χ2n) is 8.22. The maximum atomic E-state index is 11.9. The first kappa shape index (κ1) is 20.7. The van der Waals surface area contributed by atoms with Gasteiger partial charge in [-0.05, 0) is 43.2 Å². The molecule has 1 amide bonds. The smallest absolute Gasteiger partial charge is 0.222 e. The first-order valence-corrected chi connectivity index (χ1v) is 11.1. The lowest BCUT2D eigenvalue weighted by molar-refractivity contribution is -0.128. The zero-order valence-electron chi connectivity index (χ0n) is 17.5. The first-order chi connectivity index (χ1) is 13.7. The van der Waals surface area contributed by atoms with Crippen LogP contribution >= 0.6 is 0 Å². The minimum atomic E-state index is 0.278. The van der Waals surface area contributed by atoms with Gasteiger partial charge in [0.2, 0.25) is 5.91 Å². The van der Waals surface area contributed by atoms with Crippen molar-refractivity contribution in [3.8, 4) is 0 Å². The predicted molar refractivity (Wildman–Crippen MR) is 115 cm³/mol. The summed E-state index contributed by atoms with van der Waals surface area (Å²) >= 11 is 0. The summed E-state index contributed by atoms with van der Waals surface area (Å²) in [6.45, 7) is 7.54. The summed E-state index contributed by atoms with van der Waals surface area (Å²) in [6, 6.07) is 9.02. The third-order valence-corrected chi connectivity index (χ3v) is 6.00. The van der Waals surface area contributed by atoms with E-state index in [4.69, 9.17) is 4.99 Å². The Morgan fingerprint density at radius 1 is 1.21 bits per heavy atom. The Hall–Kier alpha value is -2.04. The van der Waals surface area contributed by atoms with Crippen molar-refractivity contribution < 1.29 is 4.79 Å². The minimum absolute atomic E-state index is 0.278. The Bertz CT molecular complexity index is 672. The van der Waals surface area contributed by atoms with Gasteiger partial charge in [0.15, 0.2) is 5.96 Å². The molecular formula is C23H36N4O. The Morgan fingerprint density at radius 2 is 2.07 bits per heavy atom. The van der Waals surface area contributed by atoms with Crippen LogP contribution in [0.15, 0.2) is 29.3 Å². The minimum Gasteiger partial charge on any atom is -0.357 e. The second kappa shape index (κ2) is 10.5. The molecule has 5 nitrogen and oxygen atoms in total. The van der Waals surface area contributed by atoms with Crippen molar-refractivity contribution >= 4 is 11.9 Å². The van der Waals surface area contributed by atoms with Crippen molar-refractivity contribution in [3.63, 3.8) is 0 Å². The summed E-state index contributed by atoms with van der Waals surface area (Å²) in [6.07, 6.45) is 8.13. The molecule has 0 spiro atoms. The molecule has 2 unspecified atom stereocenters. The van der Waals surface area contributed by atoms with Crippen LogP contribution in [0, 0.1) is 5.92 Å². The zero-order chi connectivity index (χ0) is 19.8. The fraction of sp³-hybridized carbons (Fsp3) is 0.652. The summed E-state index contributed by atoms with van der Waals surface area (Å²) in [5.41, 5.74) is 2.38. The molecule has 0 aromatic heterocycles. The van der Waals surface area contributed by atoms with Crippen molar-refractivity contribution in [1.29, 1.82) is 0 Å². The van der Waals surface area contributed by atoms with E-state index in [1.807, 2.05) is 4.90 Å². The van der Waals surface area contributed by atoms with E-state index in [9.17, 15) is 4.79 Å². The molecular weight excluding hydrogens is 348 g/mol. The van der Waals surface area contributed by atoms with Gasteiger partial charge in [-0.3, -0.25) is 4.79 Å². The molecule has 2 fully saturated rings. The average molecular weight is 385 g/mol. The van der Waals surface area contributed by atoms with Gasteiger partial charge in [-0.2, -0.15) is 0 Å². The number of carbonyl (C=O) groups excluding carboxylic acids is 1. The van der Waals surface area contributed by atoms with Crippen molar-refractivity contribution in [1.82, 2.24) is 15.5 Å². The number of likely N-dealkylation sites (tertiary alicyclic amines) is 1. The largest absolute Gasteiger partial charge is 0.357 e. The van der Waals surface area contributed by atoms with Gasteiger partial charge < -0.3 is 15.5 Å². The number of rotatable bonds is 7. The number of guanidine groups is 1. The molecule has 5 heteroatoms. The van der Waals surface area contributed by atoms with Crippen molar-refractivity contribution in [2.75, 3.05) is 13.1 Å². The maximum absolute atomic E-state index is 11.9. The summed E-state index contributed by atoms with van der Waals surface area (Å²) in [4.78, 5) is 18.7. The Labute approximate surface area is 170 Å². The number of amides is 1. The van der Waals surface area contributed by atoms with Crippen LogP contribution in [0.5, 0.6) is 0 Å². The van der Waals surface area contributed by atoms with E-state index in [-0.39, 0.29) is 5.91 Å². The van der Waals surface area contributed by atoms with Gasteiger partial charge in [0.1, 0.15) is 0 Å². The molecule has 1 aromatic carbocycles. The summed E-state index contributed by atoms with van der Waals surface area (Å²) in [5.74, 6) is 2.04. The van der Waals surface area contributed by atoms with Crippen LogP contribution in [-0.4, -0.2) is 35.9 Å². The highest BCUT2D eigenvalue weighted by atomic mass is 16.2. The molecule has 2 aliphatic rings. The van der Waals surface area contributed by atoms with Gasteiger partial charge in [-0.1, -0.05) is 50.5 Å². The van der Waals surface area contributed by atoms with E-state index in [2.05, 4.69) is 48.7 Å². The molecule has 2 atom stereocenters. The standard InChI is InChI=1S/C23H36N4O/c1-3-18-8-6-11-21(15-18)26-23(24-4-2)25-16-19-9-5-10-20(14-19)17-27-13-7-12-22(27)28/h5,9-10,14,18,21H,3-4,6-8,11-13,15-17H2,1-2H3,(H2,24,25,26). The van der Waals surface area contributed by atoms with Crippen LogP contribution in [0.2, 0.25) is 0 Å². The van der Waals surface area contributed by atoms with Crippen molar-refractivity contribution in [2.24, 2.45) is 10.9 Å². The molecule has 1 aliphatic carbocycles. The molecule has 0 radical (unpaired) electrons. The van der Waals surface area contributed by atoms with Gasteiger partial charge in [-0.25, -0.2) is 4.99 Å². The second-order valence-corrected chi connectivity index (χ2v) is 8.22. The van der Waals surface area contributed by atoms with Crippen molar-refractivity contribution in [2.45, 2.75) is 77.9 Å². The molecule has 3 rings (SSSR count). The third kappa shape index (κ3) is 5.98. The highest BCUT2D eigenvalue weighted by Gasteiger charge is 2.22. The van der Waals surface area contributed by atoms with E-state index >= 15 is 0 Å². The number of aliphatic imine (C=N–C) groups is 1. The van der Waals surface area contributed by atoms with Gasteiger partial charge in [0.25, 0.3) is 0 Å². The maximum Gasteiger partial charge on any atom is 0.222 e. The Morgan fingerprint density at radius 3 is 2.82 bits per heavy atom. The number of nitrogens with zero attached hydrogens (tertiary/aromatic N) is 2. The highest BCUT2D eigenvalue weighted by Crippen LogP contribution is 2.26. The van der Waals surface area contributed by atoms with E-state index in [0.717, 1.165) is 37.9 Å². The lowest BCUT2D eigenvalue weighted by atomic mass is 9.84. The summed E-state index contributed by atoms with van der Waals surface area (Å²) in [5, 5.41) is 7.05. The normalized spacial score (nSPS) is 23.1. The van der Waals surface area contributed by atoms with Crippen LogP contribution < -0.4 is 10.6 Å². The molecule has 1 heterocycles. The molecule has 1 saturated carbocycles. The van der Waals surface area contributed by atoms with Gasteiger partial charge >= 0.3 is 0 Å². The quantitative estimate of drug-likeness (QED) is 0.555. The Balaban J connectivity index is 1.59. The van der Waals surface area contributed by atoms with Crippen LogP contribution in [0.1, 0.15) is 69.9 Å². The lowest BCUT2D eigenvalue weighted by Crippen LogP contribution is -2.45. The number of nitrogens with one attached hydrogen (secondary N) is 2. The number of hydrogen-bond acceptors (Lipinski definition) is 2. The lowest BCUT2D eigenvalue weighted by Gasteiger charge is -2.30. The number of carbonyl (C=O) groups is 1. The molecule has 2 N–H and O–H groups in total. The van der Waals surface area contributed by atoms with Crippen LogP contribution in [0.4, 0.5) is 0 Å². The average Bonchev–Trinajstić information content (AvgIpc) is 3.11. The Kier molecular flexibility index (Phi) is 7.75. The highest BCUT2D eigenvalue weighted by molar-refractivity contribution is 5.80. The number of hydrogen-bond donors (Lipinski definition) is 2. The summed E-state index contributed by atoms with van der Waals surface area (Å²) < 4.78 is 0. The number of benzene rings is 1. The topological polar surface area (TPSA) is 56.7 Å². The fourth-order valence-corrected chi connectivity index (χ4v) is 4.39. The monoisotopic (exact) mass is 384 g/mol. The van der Waals surface area contributed by atoms with E-state index in [0.29, 0.717) is 19.0 Å². The zero-order valence-corrected chi connectivity index (χ0v) is 17.5. The van der Waals surface area contributed by atoms with Gasteiger partial charge in [-0.15, -0.1) is 0 Å². The molecule has 1 saturated heterocycles. The fourth-order valence-electron chi connectivity index (χ4n) is 4.39. The van der Waals surface area contributed by atoms with Crippen molar-refractivity contribution in [3.05, 3.63) is 35.4 Å². The molecule has 154 valence electrons. The third-order valence-electron chi connectivity index (χ3n) is 6.00. The van der Waals surface area contributed by atoms with Crippen LogP contribution in [0.3, 0.4) is 0 Å². The predicted octanol–water partition coefficient (Wildman–Crippen LogP) is 3.83. The van der Waals surface area contributed by atoms with Gasteiger partial charge in [0.05, 0.1) is 6.54 Å². The van der Waals surface area contributed by atoms with E-state index < -0.39 is 0 Å². The van der Waals surface area contributed by atoms with E-state index in [1.54, 1.807) is 0 Å². The van der Waals surface area contributed by atoms with Crippen LogP contribution in [0.25, 0.3) is 0 Å². The van der Waals surface area contributed by atoms with Crippen LogP contribution in [-0.2, 0) is 17.9 Å². The summed E-state index contributed by atoms with van der Waals surface area (Å²) in [7, 11) is 0. The van der Waals surface area contributed by atoms with Gasteiger partial charge in [0, 0.05) is 32.1 Å². The molecule has 1 aromatic rings. The molecule has 1 aliphatic heterocycles. The first-order valence-electron chi connectivity index (χ1n) is 11.1. The molecule has 28 heavy (non-hydrogen) atoms.